The summed E-state index contributed by atoms with van der Waals surface area (Å²) in [5, 5.41) is 0. The van der Waals surface area contributed by atoms with Gasteiger partial charge in [0, 0.05) is 24.0 Å². The summed E-state index contributed by atoms with van der Waals surface area (Å²) in [6.07, 6.45) is 2.45. The predicted molar refractivity (Wildman–Crippen MR) is 63.3 cm³/mol. The first-order chi connectivity index (χ1) is 8.13. The number of hydrogen-bond acceptors (Lipinski definition) is 1. The minimum Gasteiger partial charge on any atom is -0.381 e. The molecular formula is C13H15ClF2O. The van der Waals surface area contributed by atoms with Gasteiger partial charge in [0.05, 0.1) is 6.61 Å². The summed E-state index contributed by atoms with van der Waals surface area (Å²) in [5.41, 5.74) is 0.466. The number of rotatable bonds is 3. The van der Waals surface area contributed by atoms with Gasteiger partial charge in [0.15, 0.2) is 0 Å². The zero-order chi connectivity index (χ0) is 12.3. The highest BCUT2D eigenvalue weighted by atomic mass is 35.5. The van der Waals surface area contributed by atoms with Crippen LogP contribution in [0.15, 0.2) is 18.2 Å². The van der Waals surface area contributed by atoms with Gasteiger partial charge in [-0.3, -0.25) is 0 Å². The van der Waals surface area contributed by atoms with E-state index >= 15 is 0 Å². The molecule has 0 spiro atoms. The van der Waals surface area contributed by atoms with Crippen LogP contribution in [0, 0.1) is 17.0 Å². The lowest BCUT2D eigenvalue weighted by Gasteiger charge is -2.35. The zero-order valence-corrected chi connectivity index (χ0v) is 10.3. The molecular weight excluding hydrogens is 246 g/mol. The SMILES string of the molecule is Fc1cc(F)cc(CC2(CCl)CCCOC2)c1. The molecule has 2 rings (SSSR count). The second kappa shape index (κ2) is 5.32. The fourth-order valence-corrected chi connectivity index (χ4v) is 2.65. The van der Waals surface area contributed by atoms with Crippen LogP contribution in [0.25, 0.3) is 0 Å². The Labute approximate surface area is 105 Å². The van der Waals surface area contributed by atoms with Gasteiger partial charge < -0.3 is 4.74 Å². The molecule has 1 unspecified atom stereocenters. The Morgan fingerprint density at radius 1 is 1.24 bits per heavy atom. The maximum absolute atomic E-state index is 13.1. The number of ether oxygens (including phenoxy) is 1. The van der Waals surface area contributed by atoms with Gasteiger partial charge in [-0.25, -0.2) is 8.78 Å². The van der Waals surface area contributed by atoms with E-state index in [-0.39, 0.29) is 5.41 Å². The van der Waals surface area contributed by atoms with Crippen molar-refractivity contribution in [2.45, 2.75) is 19.3 Å². The Kier molecular flexibility index (Phi) is 4.00. The summed E-state index contributed by atoms with van der Waals surface area (Å²) in [5.74, 6) is -0.631. The van der Waals surface area contributed by atoms with E-state index in [1.807, 2.05) is 0 Å². The van der Waals surface area contributed by atoms with Crippen molar-refractivity contribution in [3.8, 4) is 0 Å². The van der Waals surface area contributed by atoms with Crippen molar-refractivity contribution in [2.75, 3.05) is 19.1 Å². The molecule has 0 aromatic heterocycles. The molecule has 1 fully saturated rings. The summed E-state index contributed by atoms with van der Waals surface area (Å²) in [4.78, 5) is 0. The van der Waals surface area contributed by atoms with E-state index in [0.29, 0.717) is 24.5 Å². The van der Waals surface area contributed by atoms with Gasteiger partial charge in [0.1, 0.15) is 11.6 Å². The van der Waals surface area contributed by atoms with E-state index in [4.69, 9.17) is 16.3 Å². The van der Waals surface area contributed by atoms with Crippen LogP contribution in [0.2, 0.25) is 0 Å². The van der Waals surface area contributed by atoms with Crippen molar-refractivity contribution >= 4 is 11.6 Å². The molecule has 1 nitrogen and oxygen atoms in total. The highest BCUT2D eigenvalue weighted by molar-refractivity contribution is 6.18. The molecule has 0 amide bonds. The summed E-state index contributed by atoms with van der Waals surface area (Å²) < 4.78 is 31.7. The van der Waals surface area contributed by atoms with E-state index < -0.39 is 11.6 Å². The zero-order valence-electron chi connectivity index (χ0n) is 9.52. The van der Waals surface area contributed by atoms with Crippen molar-refractivity contribution in [3.63, 3.8) is 0 Å². The van der Waals surface area contributed by atoms with Gasteiger partial charge >= 0.3 is 0 Å². The molecule has 0 N–H and O–H groups in total. The minimum absolute atomic E-state index is 0.181. The Hall–Kier alpha value is -0.670. The van der Waals surface area contributed by atoms with Gasteiger partial charge in [0.25, 0.3) is 0 Å². The molecule has 0 saturated carbocycles. The van der Waals surface area contributed by atoms with Crippen molar-refractivity contribution in [2.24, 2.45) is 5.41 Å². The van der Waals surface area contributed by atoms with Crippen LogP contribution in [-0.4, -0.2) is 19.1 Å². The van der Waals surface area contributed by atoms with Crippen molar-refractivity contribution in [3.05, 3.63) is 35.4 Å². The van der Waals surface area contributed by atoms with Crippen molar-refractivity contribution < 1.29 is 13.5 Å². The van der Waals surface area contributed by atoms with Gasteiger partial charge in [-0.15, -0.1) is 11.6 Å². The second-order valence-corrected chi connectivity index (χ2v) is 5.01. The largest absolute Gasteiger partial charge is 0.381 e. The fraction of sp³-hybridized carbons (Fsp3) is 0.538. The molecule has 0 bridgehead atoms. The summed E-state index contributed by atoms with van der Waals surface area (Å²) >= 11 is 6.00. The quantitative estimate of drug-likeness (QED) is 0.756. The number of hydrogen-bond donors (Lipinski definition) is 0. The number of benzene rings is 1. The third-order valence-corrected chi connectivity index (χ3v) is 3.76. The summed E-state index contributed by atoms with van der Waals surface area (Å²) in [6.45, 7) is 1.31. The molecule has 1 aromatic rings. The summed E-state index contributed by atoms with van der Waals surface area (Å²) in [7, 11) is 0. The summed E-state index contributed by atoms with van der Waals surface area (Å²) in [6, 6.07) is 3.62. The molecule has 1 aromatic carbocycles. The van der Waals surface area contributed by atoms with E-state index in [1.165, 1.54) is 12.1 Å². The molecule has 94 valence electrons. The second-order valence-electron chi connectivity index (χ2n) is 4.74. The normalized spacial score (nSPS) is 24.9. The maximum atomic E-state index is 13.1. The Balaban J connectivity index is 2.17. The molecule has 0 radical (unpaired) electrons. The molecule has 1 aliphatic heterocycles. The van der Waals surface area contributed by atoms with Crippen LogP contribution in [-0.2, 0) is 11.2 Å². The van der Waals surface area contributed by atoms with E-state index in [9.17, 15) is 8.78 Å². The molecule has 0 aliphatic carbocycles. The molecule has 1 aliphatic rings. The third-order valence-electron chi connectivity index (χ3n) is 3.19. The van der Waals surface area contributed by atoms with Gasteiger partial charge in [-0.2, -0.15) is 0 Å². The minimum atomic E-state index is -0.540. The van der Waals surface area contributed by atoms with Gasteiger partial charge in [0.2, 0.25) is 0 Å². The first-order valence-corrected chi connectivity index (χ1v) is 6.26. The Morgan fingerprint density at radius 3 is 2.47 bits per heavy atom. The first-order valence-electron chi connectivity index (χ1n) is 5.72. The maximum Gasteiger partial charge on any atom is 0.126 e. The van der Waals surface area contributed by atoms with Gasteiger partial charge in [-0.1, -0.05) is 0 Å². The van der Waals surface area contributed by atoms with Crippen LogP contribution in [0.4, 0.5) is 8.78 Å². The van der Waals surface area contributed by atoms with Crippen LogP contribution < -0.4 is 0 Å². The lowest BCUT2D eigenvalue weighted by molar-refractivity contribution is 0.00471. The highest BCUT2D eigenvalue weighted by Crippen LogP contribution is 2.34. The van der Waals surface area contributed by atoms with Crippen molar-refractivity contribution in [1.82, 2.24) is 0 Å². The Morgan fingerprint density at radius 2 is 1.94 bits per heavy atom. The lowest BCUT2D eigenvalue weighted by atomic mass is 9.79. The van der Waals surface area contributed by atoms with E-state index in [1.54, 1.807) is 0 Å². The fourth-order valence-electron chi connectivity index (χ4n) is 2.35. The topological polar surface area (TPSA) is 9.23 Å². The predicted octanol–water partition coefficient (Wildman–Crippen LogP) is 3.54. The smallest absolute Gasteiger partial charge is 0.126 e. The highest BCUT2D eigenvalue weighted by Gasteiger charge is 2.32. The molecule has 1 atom stereocenters. The first kappa shape index (κ1) is 12.8. The average Bonchev–Trinajstić information content (AvgIpc) is 2.29. The lowest BCUT2D eigenvalue weighted by Crippen LogP contribution is -2.35. The van der Waals surface area contributed by atoms with E-state index in [2.05, 4.69) is 0 Å². The van der Waals surface area contributed by atoms with Crippen molar-refractivity contribution in [1.29, 1.82) is 0 Å². The molecule has 1 saturated heterocycles. The average molecular weight is 261 g/mol. The molecule has 17 heavy (non-hydrogen) atoms. The number of alkyl halides is 1. The number of halogens is 3. The van der Waals surface area contributed by atoms with Crippen LogP contribution in [0.5, 0.6) is 0 Å². The Bertz CT molecular complexity index is 369. The van der Waals surface area contributed by atoms with Gasteiger partial charge in [-0.05, 0) is 37.0 Å². The monoisotopic (exact) mass is 260 g/mol. The molecule has 1 heterocycles. The third kappa shape index (κ3) is 3.17. The van der Waals surface area contributed by atoms with Crippen LogP contribution in [0.3, 0.4) is 0 Å². The molecule has 4 heteroatoms. The van der Waals surface area contributed by atoms with Crippen LogP contribution >= 0.6 is 11.6 Å². The standard InChI is InChI=1S/C13H15ClF2O/c14-8-13(2-1-3-17-9-13)7-10-4-11(15)6-12(16)5-10/h4-6H,1-3,7-9H2. The van der Waals surface area contributed by atoms with E-state index in [0.717, 1.165) is 25.5 Å². The van der Waals surface area contributed by atoms with Crippen LogP contribution in [0.1, 0.15) is 18.4 Å².